The van der Waals surface area contributed by atoms with Crippen molar-refractivity contribution in [1.82, 2.24) is 20.1 Å². The Kier molecular flexibility index (Phi) is 3.69. The van der Waals surface area contributed by atoms with E-state index in [4.69, 9.17) is 0 Å². The molecule has 0 bridgehead atoms. The lowest BCUT2D eigenvalue weighted by atomic mass is 10.3. The van der Waals surface area contributed by atoms with Crippen molar-refractivity contribution in [3.05, 3.63) is 34.5 Å². The second-order valence-corrected chi connectivity index (χ2v) is 4.95. The second kappa shape index (κ2) is 5.23. The van der Waals surface area contributed by atoms with Crippen LogP contribution in [0.25, 0.3) is 0 Å². The molecule has 0 aliphatic heterocycles. The molecule has 0 aromatic carbocycles. The first-order chi connectivity index (χ1) is 7.74. The van der Waals surface area contributed by atoms with Crippen LogP contribution in [0.2, 0.25) is 0 Å². The van der Waals surface area contributed by atoms with E-state index in [0.29, 0.717) is 6.04 Å². The first kappa shape index (κ1) is 11.3. The fourth-order valence-electron chi connectivity index (χ4n) is 1.36. The van der Waals surface area contributed by atoms with Crippen molar-refractivity contribution in [2.75, 3.05) is 0 Å². The Morgan fingerprint density at radius 3 is 3.06 bits per heavy atom. The molecule has 0 aliphatic rings. The van der Waals surface area contributed by atoms with Crippen LogP contribution in [0.15, 0.2) is 23.8 Å². The van der Waals surface area contributed by atoms with Crippen LogP contribution in [0.3, 0.4) is 0 Å². The third kappa shape index (κ3) is 3.15. The minimum atomic E-state index is 0.490. The Morgan fingerprint density at radius 2 is 2.38 bits per heavy atom. The maximum atomic E-state index is 4.48. The van der Waals surface area contributed by atoms with Crippen molar-refractivity contribution in [2.24, 2.45) is 0 Å². The summed E-state index contributed by atoms with van der Waals surface area (Å²) in [7, 11) is 0. The molecule has 0 saturated heterocycles. The molecule has 0 spiro atoms. The zero-order chi connectivity index (χ0) is 11.4. The molecule has 86 valence electrons. The summed E-state index contributed by atoms with van der Waals surface area (Å²) in [6.45, 7) is 5.85. The molecule has 16 heavy (non-hydrogen) atoms. The summed E-state index contributed by atoms with van der Waals surface area (Å²) < 4.78 is 1.93. The van der Waals surface area contributed by atoms with Gasteiger partial charge in [-0.15, -0.1) is 11.3 Å². The van der Waals surface area contributed by atoms with Crippen LogP contribution in [-0.2, 0) is 13.1 Å². The van der Waals surface area contributed by atoms with Gasteiger partial charge in [0.05, 0.1) is 12.2 Å². The van der Waals surface area contributed by atoms with Gasteiger partial charge in [0.1, 0.15) is 5.01 Å². The highest BCUT2D eigenvalue weighted by Gasteiger charge is 2.02. The van der Waals surface area contributed by atoms with Gasteiger partial charge in [-0.25, -0.2) is 4.98 Å². The molecule has 4 nitrogen and oxygen atoms in total. The van der Waals surface area contributed by atoms with Gasteiger partial charge in [-0.1, -0.05) is 13.8 Å². The van der Waals surface area contributed by atoms with Gasteiger partial charge in [0.2, 0.25) is 0 Å². The van der Waals surface area contributed by atoms with Crippen LogP contribution < -0.4 is 5.32 Å². The predicted octanol–water partition coefficient (Wildman–Crippen LogP) is 1.89. The number of thiazole rings is 1. The molecule has 2 aromatic rings. The lowest BCUT2D eigenvalue weighted by molar-refractivity contribution is 0.570. The van der Waals surface area contributed by atoms with E-state index in [2.05, 4.69) is 29.2 Å². The number of hydrogen-bond donors (Lipinski definition) is 1. The van der Waals surface area contributed by atoms with Gasteiger partial charge in [0.25, 0.3) is 0 Å². The monoisotopic (exact) mass is 236 g/mol. The van der Waals surface area contributed by atoms with Crippen LogP contribution in [0, 0.1) is 0 Å². The summed E-state index contributed by atoms with van der Waals surface area (Å²) in [4.78, 5) is 4.24. The highest BCUT2D eigenvalue weighted by Crippen LogP contribution is 2.06. The van der Waals surface area contributed by atoms with Gasteiger partial charge < -0.3 is 5.32 Å². The molecule has 2 aromatic heterocycles. The first-order valence-electron chi connectivity index (χ1n) is 5.38. The van der Waals surface area contributed by atoms with Gasteiger partial charge in [0.15, 0.2) is 0 Å². The van der Waals surface area contributed by atoms with Crippen LogP contribution in [0.4, 0.5) is 0 Å². The zero-order valence-electron chi connectivity index (χ0n) is 9.55. The van der Waals surface area contributed by atoms with Crippen LogP contribution in [-0.4, -0.2) is 20.8 Å². The van der Waals surface area contributed by atoms with Crippen LogP contribution in [0.5, 0.6) is 0 Å². The van der Waals surface area contributed by atoms with Gasteiger partial charge in [0, 0.05) is 30.4 Å². The predicted molar refractivity (Wildman–Crippen MR) is 65.4 cm³/mol. The van der Waals surface area contributed by atoms with E-state index in [-0.39, 0.29) is 0 Å². The summed E-state index contributed by atoms with van der Waals surface area (Å²) in [6.07, 6.45) is 3.82. The highest BCUT2D eigenvalue weighted by atomic mass is 32.1. The number of nitrogens with zero attached hydrogens (tertiary/aromatic N) is 3. The van der Waals surface area contributed by atoms with E-state index >= 15 is 0 Å². The number of aromatic nitrogens is 3. The number of hydrogen-bond acceptors (Lipinski definition) is 4. The zero-order valence-corrected chi connectivity index (χ0v) is 10.4. The molecule has 5 heteroatoms. The normalized spacial score (nSPS) is 11.2. The lowest BCUT2D eigenvalue weighted by Crippen LogP contribution is -2.22. The van der Waals surface area contributed by atoms with Crippen molar-refractivity contribution >= 4 is 11.3 Å². The lowest BCUT2D eigenvalue weighted by Gasteiger charge is -2.04. The average Bonchev–Trinajstić information content (AvgIpc) is 2.87. The van der Waals surface area contributed by atoms with Crippen molar-refractivity contribution in [3.63, 3.8) is 0 Å². The average molecular weight is 236 g/mol. The largest absolute Gasteiger partial charge is 0.309 e. The van der Waals surface area contributed by atoms with E-state index in [9.17, 15) is 0 Å². The molecule has 0 saturated carbocycles. The molecule has 1 N–H and O–H groups in total. The van der Waals surface area contributed by atoms with Crippen LogP contribution in [0.1, 0.15) is 24.5 Å². The fraction of sp³-hybridized carbons (Fsp3) is 0.455. The molecular weight excluding hydrogens is 220 g/mol. The Bertz CT molecular complexity index is 419. The standard InChI is InChI=1S/C11H16N4S/c1-9(2)13-7-10-3-5-15(14-10)8-11-12-4-6-16-11/h3-6,9,13H,7-8H2,1-2H3. The van der Waals surface area contributed by atoms with E-state index < -0.39 is 0 Å². The molecule has 0 unspecified atom stereocenters. The fourth-order valence-corrected chi connectivity index (χ4v) is 1.97. The summed E-state index contributed by atoms with van der Waals surface area (Å²) in [5.41, 5.74) is 1.07. The van der Waals surface area contributed by atoms with Crippen LogP contribution >= 0.6 is 11.3 Å². The maximum absolute atomic E-state index is 4.48. The summed E-state index contributed by atoms with van der Waals surface area (Å²) in [5, 5.41) is 10.9. The summed E-state index contributed by atoms with van der Waals surface area (Å²) >= 11 is 1.66. The minimum Gasteiger partial charge on any atom is -0.309 e. The van der Waals surface area contributed by atoms with Crippen molar-refractivity contribution < 1.29 is 0 Å². The summed E-state index contributed by atoms with van der Waals surface area (Å²) in [6, 6.07) is 2.53. The Balaban J connectivity index is 1.92. The van der Waals surface area contributed by atoms with Crippen molar-refractivity contribution in [3.8, 4) is 0 Å². The minimum absolute atomic E-state index is 0.490. The van der Waals surface area contributed by atoms with E-state index in [1.54, 1.807) is 11.3 Å². The van der Waals surface area contributed by atoms with E-state index in [0.717, 1.165) is 23.8 Å². The number of nitrogens with one attached hydrogen (secondary N) is 1. The van der Waals surface area contributed by atoms with Gasteiger partial charge >= 0.3 is 0 Å². The Hall–Kier alpha value is -1.20. The molecule has 0 atom stereocenters. The first-order valence-corrected chi connectivity index (χ1v) is 6.26. The third-order valence-electron chi connectivity index (χ3n) is 2.17. The number of rotatable bonds is 5. The highest BCUT2D eigenvalue weighted by molar-refractivity contribution is 7.09. The van der Waals surface area contributed by atoms with Crippen molar-refractivity contribution in [2.45, 2.75) is 33.0 Å². The van der Waals surface area contributed by atoms with E-state index in [1.165, 1.54) is 0 Å². The molecule has 0 amide bonds. The van der Waals surface area contributed by atoms with Crippen molar-refractivity contribution in [1.29, 1.82) is 0 Å². The van der Waals surface area contributed by atoms with Gasteiger partial charge in [-0.2, -0.15) is 5.10 Å². The molecule has 2 heterocycles. The third-order valence-corrected chi connectivity index (χ3v) is 2.93. The van der Waals surface area contributed by atoms with Gasteiger partial charge in [-0.05, 0) is 6.07 Å². The Labute approximate surface area is 99.3 Å². The maximum Gasteiger partial charge on any atom is 0.114 e. The summed E-state index contributed by atoms with van der Waals surface area (Å²) in [5.74, 6) is 0. The SMILES string of the molecule is CC(C)NCc1ccn(Cc2nccs2)n1. The molecular formula is C11H16N4S. The second-order valence-electron chi connectivity index (χ2n) is 3.97. The molecule has 0 fully saturated rings. The topological polar surface area (TPSA) is 42.7 Å². The van der Waals surface area contributed by atoms with E-state index in [1.807, 2.05) is 28.5 Å². The quantitative estimate of drug-likeness (QED) is 0.862. The molecule has 0 radical (unpaired) electrons. The van der Waals surface area contributed by atoms with Gasteiger partial charge in [-0.3, -0.25) is 4.68 Å². The molecule has 0 aliphatic carbocycles. The molecule has 2 rings (SSSR count). The Morgan fingerprint density at radius 1 is 1.50 bits per heavy atom. The smallest absolute Gasteiger partial charge is 0.114 e.